The van der Waals surface area contributed by atoms with Crippen LogP contribution in [0.3, 0.4) is 0 Å². The second-order valence-corrected chi connectivity index (χ2v) is 4.55. The highest BCUT2D eigenvalue weighted by molar-refractivity contribution is 7.13. The average molecular weight is 255 g/mol. The van der Waals surface area contributed by atoms with E-state index in [1.165, 1.54) is 29.9 Å². The van der Waals surface area contributed by atoms with E-state index in [-0.39, 0.29) is 11.1 Å². The van der Waals surface area contributed by atoms with Crippen LogP contribution >= 0.6 is 22.9 Å². The van der Waals surface area contributed by atoms with Crippen molar-refractivity contribution in [2.24, 2.45) is 0 Å². The first-order chi connectivity index (χ1) is 7.65. The van der Waals surface area contributed by atoms with E-state index in [0.29, 0.717) is 10.7 Å². The predicted octanol–water partition coefficient (Wildman–Crippen LogP) is 2.15. The number of thiazole rings is 1. The number of carbonyl (C=O) groups excluding carboxylic acids is 1. The van der Waals surface area contributed by atoms with Gasteiger partial charge in [-0.3, -0.25) is 9.78 Å². The minimum absolute atomic E-state index is 0.235. The van der Waals surface area contributed by atoms with Gasteiger partial charge in [-0.05, 0) is 6.92 Å². The van der Waals surface area contributed by atoms with Crippen LogP contribution in [0.2, 0.25) is 5.15 Å². The molecular formula is C9H7ClN4OS. The van der Waals surface area contributed by atoms with Gasteiger partial charge in [0.15, 0.2) is 5.82 Å². The van der Waals surface area contributed by atoms with Crippen LogP contribution in [-0.2, 0) is 0 Å². The fourth-order valence-corrected chi connectivity index (χ4v) is 1.87. The number of nitrogens with one attached hydrogen (secondary N) is 1. The Bertz CT molecular complexity index is 528. The van der Waals surface area contributed by atoms with E-state index in [1.54, 1.807) is 0 Å². The van der Waals surface area contributed by atoms with E-state index < -0.39 is 0 Å². The summed E-state index contributed by atoms with van der Waals surface area (Å²) in [6.45, 7) is 1.83. The van der Waals surface area contributed by atoms with Gasteiger partial charge in [-0.15, -0.1) is 11.3 Å². The second-order valence-electron chi connectivity index (χ2n) is 2.92. The van der Waals surface area contributed by atoms with E-state index in [2.05, 4.69) is 20.3 Å². The highest BCUT2D eigenvalue weighted by atomic mass is 35.5. The summed E-state index contributed by atoms with van der Waals surface area (Å²) >= 11 is 6.96. The molecule has 0 saturated carbocycles. The summed E-state index contributed by atoms with van der Waals surface area (Å²) in [5, 5.41) is 3.66. The molecule has 0 spiro atoms. The highest BCUT2D eigenvalue weighted by Gasteiger charge is 2.10. The fraction of sp³-hybridized carbons (Fsp3) is 0.111. The molecular weight excluding hydrogens is 248 g/mol. The van der Waals surface area contributed by atoms with Gasteiger partial charge in [-0.1, -0.05) is 11.6 Å². The third-order valence-corrected chi connectivity index (χ3v) is 2.79. The van der Waals surface area contributed by atoms with Gasteiger partial charge < -0.3 is 5.32 Å². The number of amides is 1. The van der Waals surface area contributed by atoms with Crippen molar-refractivity contribution >= 4 is 34.7 Å². The Morgan fingerprint density at radius 3 is 2.88 bits per heavy atom. The molecule has 0 aliphatic rings. The average Bonchev–Trinajstić information content (AvgIpc) is 2.65. The molecule has 5 nitrogen and oxygen atoms in total. The van der Waals surface area contributed by atoms with E-state index in [9.17, 15) is 4.79 Å². The summed E-state index contributed by atoms with van der Waals surface area (Å²) in [6.07, 6.45) is 4.35. The van der Waals surface area contributed by atoms with Crippen LogP contribution < -0.4 is 5.32 Å². The summed E-state index contributed by atoms with van der Waals surface area (Å²) in [5.41, 5.74) is 0. The standard InChI is InChI=1S/C9H7ClN4OS/c1-5-12-2-6(16-5)9(15)14-8-4-11-3-7(10)13-8/h2-4H,1H3,(H,13,14,15). The van der Waals surface area contributed by atoms with Crippen molar-refractivity contribution in [3.05, 3.63) is 33.6 Å². The Hall–Kier alpha value is -1.53. The van der Waals surface area contributed by atoms with Crippen LogP contribution in [0.4, 0.5) is 5.82 Å². The van der Waals surface area contributed by atoms with Crippen LogP contribution in [0.15, 0.2) is 18.6 Å². The van der Waals surface area contributed by atoms with Crippen molar-refractivity contribution in [3.8, 4) is 0 Å². The largest absolute Gasteiger partial charge is 0.304 e. The molecule has 82 valence electrons. The van der Waals surface area contributed by atoms with Crippen LogP contribution in [0.1, 0.15) is 14.7 Å². The first-order valence-corrected chi connectivity index (χ1v) is 5.56. The predicted molar refractivity (Wildman–Crippen MR) is 61.8 cm³/mol. The van der Waals surface area contributed by atoms with Crippen molar-refractivity contribution in [1.29, 1.82) is 0 Å². The molecule has 0 aliphatic carbocycles. The van der Waals surface area contributed by atoms with Crippen molar-refractivity contribution in [2.45, 2.75) is 6.92 Å². The van der Waals surface area contributed by atoms with Gasteiger partial charge >= 0.3 is 0 Å². The van der Waals surface area contributed by atoms with E-state index >= 15 is 0 Å². The molecule has 0 fully saturated rings. The van der Waals surface area contributed by atoms with Gasteiger partial charge in [0.1, 0.15) is 10.0 Å². The molecule has 2 rings (SSSR count). The number of aromatic nitrogens is 3. The molecule has 2 aromatic heterocycles. The Labute approximate surface area is 101 Å². The number of aryl methyl sites for hydroxylation is 1. The lowest BCUT2D eigenvalue weighted by Crippen LogP contribution is -2.11. The quantitative estimate of drug-likeness (QED) is 0.892. The van der Waals surface area contributed by atoms with Gasteiger partial charge in [0.25, 0.3) is 5.91 Å². The SMILES string of the molecule is Cc1ncc(C(=O)Nc2cncc(Cl)n2)s1. The lowest BCUT2D eigenvalue weighted by atomic mass is 10.5. The summed E-state index contributed by atoms with van der Waals surface area (Å²) < 4.78 is 0. The van der Waals surface area contributed by atoms with Gasteiger partial charge in [-0.2, -0.15) is 0 Å². The molecule has 0 atom stereocenters. The summed E-state index contributed by atoms with van der Waals surface area (Å²) in [5.74, 6) is 0.0609. The maximum Gasteiger partial charge on any atom is 0.268 e. The summed E-state index contributed by atoms with van der Waals surface area (Å²) in [6, 6.07) is 0. The number of halogens is 1. The molecule has 16 heavy (non-hydrogen) atoms. The van der Waals surface area contributed by atoms with E-state index in [4.69, 9.17) is 11.6 Å². The van der Waals surface area contributed by atoms with Gasteiger partial charge in [0.05, 0.1) is 23.6 Å². The van der Waals surface area contributed by atoms with Crippen molar-refractivity contribution in [2.75, 3.05) is 5.32 Å². The lowest BCUT2D eigenvalue weighted by molar-refractivity contribution is 0.103. The molecule has 7 heteroatoms. The Balaban J connectivity index is 2.13. The van der Waals surface area contributed by atoms with Gasteiger partial charge in [-0.25, -0.2) is 9.97 Å². The highest BCUT2D eigenvalue weighted by Crippen LogP contribution is 2.14. The van der Waals surface area contributed by atoms with Crippen LogP contribution in [0.25, 0.3) is 0 Å². The van der Waals surface area contributed by atoms with Crippen LogP contribution in [0, 0.1) is 6.92 Å². The van der Waals surface area contributed by atoms with Gasteiger partial charge in [0.2, 0.25) is 0 Å². The van der Waals surface area contributed by atoms with Crippen molar-refractivity contribution < 1.29 is 4.79 Å². The zero-order valence-corrected chi connectivity index (χ0v) is 9.84. The van der Waals surface area contributed by atoms with E-state index in [1.807, 2.05) is 6.92 Å². The molecule has 0 aromatic carbocycles. The summed E-state index contributed by atoms with van der Waals surface area (Å²) in [7, 11) is 0. The van der Waals surface area contributed by atoms with E-state index in [0.717, 1.165) is 5.01 Å². The minimum Gasteiger partial charge on any atom is -0.304 e. The maximum atomic E-state index is 11.7. The Morgan fingerprint density at radius 1 is 1.44 bits per heavy atom. The third kappa shape index (κ3) is 2.53. The molecule has 1 N–H and O–H groups in total. The molecule has 2 aromatic rings. The number of hydrogen-bond acceptors (Lipinski definition) is 5. The third-order valence-electron chi connectivity index (χ3n) is 1.69. The van der Waals surface area contributed by atoms with Crippen LogP contribution in [-0.4, -0.2) is 20.9 Å². The molecule has 2 heterocycles. The molecule has 0 bridgehead atoms. The minimum atomic E-state index is -0.262. The number of rotatable bonds is 2. The number of anilines is 1. The zero-order chi connectivity index (χ0) is 11.5. The first-order valence-electron chi connectivity index (χ1n) is 4.36. The zero-order valence-electron chi connectivity index (χ0n) is 8.27. The number of nitrogens with zero attached hydrogens (tertiary/aromatic N) is 3. The lowest BCUT2D eigenvalue weighted by Gasteiger charge is -2.01. The smallest absolute Gasteiger partial charge is 0.268 e. The number of hydrogen-bond donors (Lipinski definition) is 1. The molecule has 1 amide bonds. The van der Waals surface area contributed by atoms with Crippen molar-refractivity contribution in [3.63, 3.8) is 0 Å². The number of carbonyl (C=O) groups is 1. The topological polar surface area (TPSA) is 67.8 Å². The normalized spacial score (nSPS) is 10.1. The first kappa shape index (κ1) is 11.0. The molecule has 0 unspecified atom stereocenters. The maximum absolute atomic E-state index is 11.7. The molecule has 0 aliphatic heterocycles. The summed E-state index contributed by atoms with van der Waals surface area (Å²) in [4.78, 5) is 23.9. The van der Waals surface area contributed by atoms with Crippen LogP contribution in [0.5, 0.6) is 0 Å². The Morgan fingerprint density at radius 2 is 2.25 bits per heavy atom. The van der Waals surface area contributed by atoms with Gasteiger partial charge in [0, 0.05) is 0 Å². The fourth-order valence-electron chi connectivity index (χ4n) is 1.05. The second kappa shape index (κ2) is 4.54. The Kier molecular flexibility index (Phi) is 3.12. The molecule has 0 radical (unpaired) electrons. The molecule has 0 saturated heterocycles. The monoisotopic (exact) mass is 254 g/mol. The van der Waals surface area contributed by atoms with Crippen molar-refractivity contribution in [1.82, 2.24) is 15.0 Å².